The molecule has 0 amide bonds. The smallest absolute Gasteiger partial charge is 0.243 e. The SMILES string of the molecule is CCOc1ccc(S(=O)(=O)N2CCC(C(=O)c3ccc(OC)cc3)CC2)cc1OCC. The van der Waals surface area contributed by atoms with Gasteiger partial charge in [0.2, 0.25) is 10.0 Å². The fourth-order valence-electron chi connectivity index (χ4n) is 3.69. The minimum absolute atomic E-state index is 0.0411. The molecule has 1 heterocycles. The molecule has 1 fully saturated rings. The van der Waals surface area contributed by atoms with Crippen molar-refractivity contribution in [2.45, 2.75) is 31.6 Å². The lowest BCUT2D eigenvalue weighted by molar-refractivity contribution is 0.0875. The number of carbonyl (C=O) groups excluding carboxylic acids is 1. The zero-order valence-electron chi connectivity index (χ0n) is 18.2. The number of methoxy groups -OCH3 is 1. The summed E-state index contributed by atoms with van der Waals surface area (Å²) in [4.78, 5) is 13.0. The molecule has 0 saturated carbocycles. The Balaban J connectivity index is 1.70. The predicted octanol–water partition coefficient (Wildman–Crippen LogP) is 3.78. The van der Waals surface area contributed by atoms with E-state index in [9.17, 15) is 13.2 Å². The summed E-state index contributed by atoms with van der Waals surface area (Å²) < 4.78 is 44.0. The van der Waals surface area contributed by atoms with E-state index in [4.69, 9.17) is 14.2 Å². The molecule has 1 aliphatic rings. The number of benzene rings is 2. The van der Waals surface area contributed by atoms with E-state index >= 15 is 0 Å². The molecule has 0 atom stereocenters. The lowest BCUT2D eigenvalue weighted by atomic mass is 9.89. The molecule has 0 aromatic heterocycles. The molecule has 2 aromatic carbocycles. The highest BCUT2D eigenvalue weighted by Gasteiger charge is 2.33. The minimum Gasteiger partial charge on any atom is -0.497 e. The van der Waals surface area contributed by atoms with Crippen molar-refractivity contribution in [3.8, 4) is 17.2 Å². The molecule has 0 unspecified atom stereocenters. The van der Waals surface area contributed by atoms with Gasteiger partial charge in [0.1, 0.15) is 5.75 Å². The molecule has 2 aromatic rings. The van der Waals surface area contributed by atoms with Crippen molar-refractivity contribution in [3.63, 3.8) is 0 Å². The Bertz CT molecular complexity index is 995. The van der Waals surface area contributed by atoms with E-state index in [1.165, 1.54) is 16.4 Å². The first-order valence-electron chi connectivity index (χ1n) is 10.5. The van der Waals surface area contributed by atoms with Gasteiger partial charge in [-0.25, -0.2) is 8.42 Å². The predicted molar refractivity (Wildman–Crippen MR) is 118 cm³/mol. The van der Waals surface area contributed by atoms with E-state index < -0.39 is 10.0 Å². The first-order valence-corrected chi connectivity index (χ1v) is 11.9. The standard InChI is InChI=1S/C23H29NO6S/c1-4-29-21-11-10-20(16-22(21)30-5-2)31(26,27)24-14-12-18(13-15-24)23(25)17-6-8-19(28-3)9-7-17/h6-11,16,18H,4-5,12-15H2,1-3H3. The Morgan fingerprint density at radius 2 is 1.58 bits per heavy atom. The van der Waals surface area contributed by atoms with Gasteiger partial charge in [0, 0.05) is 30.6 Å². The number of ketones is 1. The van der Waals surface area contributed by atoms with Crippen LogP contribution in [-0.2, 0) is 10.0 Å². The highest BCUT2D eigenvalue weighted by Crippen LogP contribution is 2.33. The maximum Gasteiger partial charge on any atom is 0.243 e. The second-order valence-electron chi connectivity index (χ2n) is 7.25. The summed E-state index contributed by atoms with van der Waals surface area (Å²) >= 11 is 0. The Hall–Kier alpha value is -2.58. The molecule has 31 heavy (non-hydrogen) atoms. The fraction of sp³-hybridized carbons (Fsp3) is 0.435. The summed E-state index contributed by atoms with van der Waals surface area (Å²) in [5.74, 6) is 1.47. The van der Waals surface area contributed by atoms with E-state index in [1.54, 1.807) is 37.4 Å². The van der Waals surface area contributed by atoms with E-state index in [-0.39, 0.29) is 16.6 Å². The van der Waals surface area contributed by atoms with E-state index in [1.807, 2.05) is 13.8 Å². The molecule has 168 valence electrons. The Kier molecular flexibility index (Phi) is 7.56. The second-order valence-corrected chi connectivity index (χ2v) is 9.18. The lowest BCUT2D eigenvalue weighted by Crippen LogP contribution is -2.40. The van der Waals surface area contributed by atoms with Gasteiger partial charge in [0.25, 0.3) is 0 Å². The molecule has 0 aliphatic carbocycles. The van der Waals surface area contributed by atoms with Crippen LogP contribution in [0.3, 0.4) is 0 Å². The van der Waals surface area contributed by atoms with Gasteiger partial charge in [0.15, 0.2) is 17.3 Å². The quantitative estimate of drug-likeness (QED) is 0.544. The maximum absolute atomic E-state index is 13.2. The van der Waals surface area contributed by atoms with E-state index in [0.29, 0.717) is 62.0 Å². The third-order valence-corrected chi connectivity index (χ3v) is 7.25. The van der Waals surface area contributed by atoms with Gasteiger partial charge in [-0.2, -0.15) is 4.31 Å². The normalized spacial score (nSPS) is 15.5. The zero-order valence-corrected chi connectivity index (χ0v) is 19.0. The molecule has 7 nitrogen and oxygen atoms in total. The molecule has 8 heteroatoms. The maximum atomic E-state index is 13.2. The number of hydrogen-bond donors (Lipinski definition) is 0. The summed E-state index contributed by atoms with van der Waals surface area (Å²) in [5.41, 5.74) is 0.620. The summed E-state index contributed by atoms with van der Waals surface area (Å²) in [7, 11) is -2.11. The van der Waals surface area contributed by atoms with Crippen LogP contribution < -0.4 is 14.2 Å². The Morgan fingerprint density at radius 3 is 2.16 bits per heavy atom. The topological polar surface area (TPSA) is 82.1 Å². The van der Waals surface area contributed by atoms with Crippen molar-refractivity contribution >= 4 is 15.8 Å². The number of sulfonamides is 1. The minimum atomic E-state index is -3.69. The van der Waals surface area contributed by atoms with Crippen LogP contribution >= 0.6 is 0 Å². The third-order valence-electron chi connectivity index (χ3n) is 5.35. The lowest BCUT2D eigenvalue weighted by Gasteiger charge is -2.30. The van der Waals surface area contributed by atoms with Gasteiger partial charge in [-0.3, -0.25) is 4.79 Å². The zero-order chi connectivity index (χ0) is 22.4. The average Bonchev–Trinajstić information content (AvgIpc) is 2.80. The van der Waals surface area contributed by atoms with Gasteiger partial charge >= 0.3 is 0 Å². The first kappa shape index (κ1) is 23.1. The molecule has 3 rings (SSSR count). The van der Waals surface area contributed by atoms with Crippen LogP contribution in [0.4, 0.5) is 0 Å². The first-order chi connectivity index (χ1) is 14.9. The van der Waals surface area contributed by atoms with Crippen molar-refractivity contribution in [2.24, 2.45) is 5.92 Å². The van der Waals surface area contributed by atoms with Crippen molar-refractivity contribution < 1.29 is 27.4 Å². The van der Waals surface area contributed by atoms with Gasteiger partial charge in [0.05, 0.1) is 25.2 Å². The highest BCUT2D eigenvalue weighted by molar-refractivity contribution is 7.89. The monoisotopic (exact) mass is 447 g/mol. The van der Waals surface area contributed by atoms with E-state index in [0.717, 1.165) is 0 Å². The number of ether oxygens (including phenoxy) is 3. The summed E-state index contributed by atoms with van der Waals surface area (Å²) in [6, 6.07) is 11.7. The number of carbonyl (C=O) groups is 1. The number of piperidine rings is 1. The number of hydrogen-bond acceptors (Lipinski definition) is 6. The number of nitrogens with zero attached hydrogens (tertiary/aromatic N) is 1. The molecule has 1 aliphatic heterocycles. The van der Waals surface area contributed by atoms with Crippen molar-refractivity contribution in [3.05, 3.63) is 48.0 Å². The largest absolute Gasteiger partial charge is 0.497 e. The summed E-state index contributed by atoms with van der Waals surface area (Å²) in [6.07, 6.45) is 0.971. The summed E-state index contributed by atoms with van der Waals surface area (Å²) in [6.45, 7) is 5.15. The Morgan fingerprint density at radius 1 is 0.968 bits per heavy atom. The van der Waals surface area contributed by atoms with Gasteiger partial charge in [-0.1, -0.05) is 0 Å². The fourth-order valence-corrected chi connectivity index (χ4v) is 5.18. The van der Waals surface area contributed by atoms with Crippen molar-refractivity contribution in [1.29, 1.82) is 0 Å². The van der Waals surface area contributed by atoms with Crippen LogP contribution in [0.2, 0.25) is 0 Å². The van der Waals surface area contributed by atoms with Crippen LogP contribution in [0.15, 0.2) is 47.4 Å². The van der Waals surface area contributed by atoms with E-state index in [2.05, 4.69) is 0 Å². The van der Waals surface area contributed by atoms with Crippen LogP contribution in [-0.4, -0.2) is 51.9 Å². The second kappa shape index (κ2) is 10.2. The molecular weight excluding hydrogens is 418 g/mol. The molecule has 0 N–H and O–H groups in total. The van der Waals surface area contributed by atoms with Gasteiger partial charge in [-0.15, -0.1) is 0 Å². The highest BCUT2D eigenvalue weighted by atomic mass is 32.2. The van der Waals surface area contributed by atoms with Crippen LogP contribution in [0, 0.1) is 5.92 Å². The van der Waals surface area contributed by atoms with Crippen LogP contribution in [0.5, 0.6) is 17.2 Å². The van der Waals surface area contributed by atoms with Gasteiger partial charge in [-0.05, 0) is 63.1 Å². The van der Waals surface area contributed by atoms with Crippen LogP contribution in [0.25, 0.3) is 0 Å². The van der Waals surface area contributed by atoms with Gasteiger partial charge < -0.3 is 14.2 Å². The van der Waals surface area contributed by atoms with Crippen molar-refractivity contribution in [1.82, 2.24) is 4.31 Å². The van der Waals surface area contributed by atoms with Crippen molar-refractivity contribution in [2.75, 3.05) is 33.4 Å². The number of Topliss-reactive ketones (excluding diaryl/α,β-unsaturated/α-hetero) is 1. The molecule has 0 radical (unpaired) electrons. The molecule has 0 bridgehead atoms. The number of rotatable bonds is 9. The van der Waals surface area contributed by atoms with Crippen LogP contribution in [0.1, 0.15) is 37.0 Å². The molecular formula is C23H29NO6S. The molecule has 1 saturated heterocycles. The average molecular weight is 448 g/mol. The summed E-state index contributed by atoms with van der Waals surface area (Å²) in [5, 5.41) is 0. The molecule has 0 spiro atoms. The Labute approximate surface area is 184 Å². The third kappa shape index (κ3) is 5.19.